The van der Waals surface area contributed by atoms with E-state index in [0.29, 0.717) is 16.3 Å². The van der Waals surface area contributed by atoms with Gasteiger partial charge in [0, 0.05) is 16.9 Å². The highest BCUT2D eigenvalue weighted by Crippen LogP contribution is 2.21. The molecule has 30 heavy (non-hydrogen) atoms. The lowest BCUT2D eigenvalue weighted by atomic mass is 10.2. The van der Waals surface area contributed by atoms with E-state index < -0.39 is 18.4 Å². The summed E-state index contributed by atoms with van der Waals surface area (Å²) in [6, 6.07) is 11.8. The third-order valence-corrected chi connectivity index (χ3v) is 4.99. The molecule has 0 aliphatic heterocycles. The van der Waals surface area contributed by atoms with Crippen molar-refractivity contribution in [2.24, 2.45) is 0 Å². The Morgan fingerprint density at radius 2 is 1.90 bits per heavy atom. The first-order chi connectivity index (χ1) is 14.4. The van der Waals surface area contributed by atoms with Crippen molar-refractivity contribution in [2.45, 2.75) is 31.2 Å². The average molecular weight is 426 g/mol. The Balaban J connectivity index is 1.92. The summed E-state index contributed by atoms with van der Waals surface area (Å²) in [6.45, 7) is 1.63. The van der Waals surface area contributed by atoms with Gasteiger partial charge < -0.3 is 15.7 Å². The van der Waals surface area contributed by atoms with Gasteiger partial charge in [0.1, 0.15) is 17.6 Å². The highest BCUT2D eigenvalue weighted by atomic mass is 32.2. The predicted octanol–water partition coefficient (Wildman–Crippen LogP) is 2.84. The number of pyridine rings is 1. The molecule has 0 saturated heterocycles. The third-order valence-electron chi connectivity index (χ3n) is 4.00. The number of rotatable bonds is 10. The lowest BCUT2D eigenvalue weighted by Gasteiger charge is -2.08. The van der Waals surface area contributed by atoms with Gasteiger partial charge in [-0.15, -0.1) is 0 Å². The van der Waals surface area contributed by atoms with Gasteiger partial charge in [-0.05, 0) is 49.2 Å². The zero-order chi connectivity index (χ0) is 21.9. The largest absolute Gasteiger partial charge is 0.480 e. The van der Waals surface area contributed by atoms with E-state index in [9.17, 15) is 19.6 Å². The van der Waals surface area contributed by atoms with Gasteiger partial charge in [0.2, 0.25) is 5.91 Å². The van der Waals surface area contributed by atoms with Gasteiger partial charge >= 0.3 is 5.97 Å². The number of carbonyl (C=O) groups excluding carboxylic acids is 2. The van der Waals surface area contributed by atoms with E-state index in [-0.39, 0.29) is 17.2 Å². The first-order valence-electron chi connectivity index (χ1n) is 9.35. The van der Waals surface area contributed by atoms with Crippen molar-refractivity contribution in [2.75, 3.05) is 17.6 Å². The second-order valence-electron chi connectivity index (χ2n) is 6.36. The summed E-state index contributed by atoms with van der Waals surface area (Å²) in [6.07, 6.45) is 2.88. The summed E-state index contributed by atoms with van der Waals surface area (Å²) in [5.74, 6) is -1.83. The molecule has 0 fully saturated rings. The van der Waals surface area contributed by atoms with Crippen LogP contribution in [0, 0.1) is 11.3 Å². The van der Waals surface area contributed by atoms with Gasteiger partial charge in [0.05, 0.1) is 11.3 Å². The number of aliphatic carboxylic acids is 1. The van der Waals surface area contributed by atoms with E-state index in [1.54, 1.807) is 18.2 Å². The molecule has 0 aliphatic rings. The molecule has 1 aromatic carbocycles. The van der Waals surface area contributed by atoms with E-state index in [0.717, 1.165) is 25.0 Å². The van der Waals surface area contributed by atoms with E-state index in [1.807, 2.05) is 6.07 Å². The van der Waals surface area contributed by atoms with Crippen LogP contribution < -0.4 is 10.6 Å². The highest BCUT2D eigenvalue weighted by molar-refractivity contribution is 8.00. The van der Waals surface area contributed by atoms with Crippen LogP contribution in [-0.4, -0.2) is 40.2 Å². The van der Waals surface area contributed by atoms with Gasteiger partial charge in [-0.1, -0.05) is 25.1 Å². The number of nitriles is 1. The number of amides is 2. The van der Waals surface area contributed by atoms with Crippen molar-refractivity contribution in [1.82, 2.24) is 10.3 Å². The fourth-order valence-corrected chi connectivity index (χ4v) is 3.26. The number of thioether (sulfide) groups is 1. The summed E-state index contributed by atoms with van der Waals surface area (Å²) < 4.78 is 0. The Morgan fingerprint density at radius 1 is 1.17 bits per heavy atom. The quantitative estimate of drug-likeness (QED) is 0.498. The molecule has 2 rings (SSSR count). The number of aromatic nitrogens is 1. The maximum Gasteiger partial charge on any atom is 0.322 e. The zero-order valence-electron chi connectivity index (χ0n) is 16.5. The monoisotopic (exact) mass is 426 g/mol. The van der Waals surface area contributed by atoms with Crippen molar-refractivity contribution in [1.29, 1.82) is 5.26 Å². The number of unbranched alkanes of at least 4 members (excludes halogenated alkanes) is 1. The zero-order valence-corrected chi connectivity index (χ0v) is 17.3. The van der Waals surface area contributed by atoms with Crippen LogP contribution in [0.4, 0.5) is 5.69 Å². The van der Waals surface area contributed by atoms with E-state index in [2.05, 4.69) is 28.6 Å². The molecule has 9 heteroatoms. The standard InChI is InChI=1S/C21H22N4O4S/c1-2-3-4-16-10-7-15(11-22)21(25-16)30-13-18(26)24-17-8-5-14(6-9-17)20(29)23-12-19(27)28/h5-10H,2-4,12-13H2,1H3,(H,23,29)(H,24,26)(H,27,28). The van der Waals surface area contributed by atoms with E-state index in [1.165, 1.54) is 23.9 Å². The molecule has 8 nitrogen and oxygen atoms in total. The Bertz CT molecular complexity index is 954. The van der Waals surface area contributed by atoms with Crippen LogP contribution in [0.3, 0.4) is 0 Å². The fraction of sp³-hybridized carbons (Fsp3) is 0.286. The first kappa shape index (κ1) is 22.9. The number of carbonyl (C=O) groups is 3. The number of hydrogen-bond donors (Lipinski definition) is 3. The first-order valence-corrected chi connectivity index (χ1v) is 10.3. The molecular formula is C21H22N4O4S. The number of nitrogens with zero attached hydrogens (tertiary/aromatic N) is 2. The van der Waals surface area contributed by atoms with Crippen molar-refractivity contribution in [3.63, 3.8) is 0 Å². The smallest absolute Gasteiger partial charge is 0.322 e. The molecule has 0 atom stereocenters. The van der Waals surface area contributed by atoms with Crippen LogP contribution in [0.15, 0.2) is 41.4 Å². The molecular weight excluding hydrogens is 404 g/mol. The van der Waals surface area contributed by atoms with Crippen LogP contribution in [0.1, 0.15) is 41.4 Å². The molecule has 2 aromatic rings. The molecule has 0 aliphatic carbocycles. The molecule has 2 amide bonds. The number of carboxylic acids is 1. The molecule has 156 valence electrons. The molecule has 0 bridgehead atoms. The summed E-state index contributed by atoms with van der Waals surface area (Å²) in [7, 11) is 0. The number of nitrogens with one attached hydrogen (secondary N) is 2. The second-order valence-corrected chi connectivity index (χ2v) is 7.33. The van der Waals surface area contributed by atoms with E-state index >= 15 is 0 Å². The molecule has 0 radical (unpaired) electrons. The van der Waals surface area contributed by atoms with Crippen molar-refractivity contribution in [3.8, 4) is 6.07 Å². The fourth-order valence-electron chi connectivity index (χ4n) is 2.46. The minimum Gasteiger partial charge on any atom is -0.480 e. The summed E-state index contributed by atoms with van der Waals surface area (Å²) in [5.41, 5.74) is 2.12. The van der Waals surface area contributed by atoms with Gasteiger partial charge in [0.25, 0.3) is 5.91 Å². The van der Waals surface area contributed by atoms with Crippen LogP contribution in [-0.2, 0) is 16.0 Å². The Labute approximate surface area is 178 Å². The van der Waals surface area contributed by atoms with Gasteiger partial charge in [-0.25, -0.2) is 4.98 Å². The predicted molar refractivity (Wildman–Crippen MR) is 113 cm³/mol. The number of benzene rings is 1. The third kappa shape index (κ3) is 7.22. The topological polar surface area (TPSA) is 132 Å². The minimum atomic E-state index is -1.13. The molecule has 3 N–H and O–H groups in total. The van der Waals surface area contributed by atoms with Crippen molar-refractivity contribution >= 4 is 35.2 Å². The number of anilines is 1. The molecule has 0 spiro atoms. The van der Waals surface area contributed by atoms with Gasteiger partial charge in [-0.2, -0.15) is 5.26 Å². The van der Waals surface area contributed by atoms with Gasteiger partial charge in [0.15, 0.2) is 0 Å². The second kappa shape index (κ2) is 11.6. The Hall–Kier alpha value is -3.38. The van der Waals surface area contributed by atoms with Gasteiger partial charge in [-0.3, -0.25) is 14.4 Å². The lowest BCUT2D eigenvalue weighted by Crippen LogP contribution is -2.29. The number of hydrogen-bond acceptors (Lipinski definition) is 6. The normalized spacial score (nSPS) is 10.1. The molecule has 0 saturated carbocycles. The lowest BCUT2D eigenvalue weighted by molar-refractivity contribution is -0.135. The maximum atomic E-state index is 12.3. The summed E-state index contributed by atoms with van der Waals surface area (Å²) >= 11 is 1.20. The maximum absolute atomic E-state index is 12.3. The van der Waals surface area contributed by atoms with Crippen LogP contribution in [0.2, 0.25) is 0 Å². The summed E-state index contributed by atoms with van der Waals surface area (Å²) in [5, 5.41) is 23.4. The SMILES string of the molecule is CCCCc1ccc(C#N)c(SCC(=O)Nc2ccc(C(=O)NCC(=O)O)cc2)n1. The van der Waals surface area contributed by atoms with Crippen LogP contribution >= 0.6 is 11.8 Å². The number of carboxylic acid groups (broad SMARTS) is 1. The van der Waals surface area contributed by atoms with E-state index in [4.69, 9.17) is 5.11 Å². The molecule has 1 aromatic heterocycles. The Kier molecular flexibility index (Phi) is 8.84. The molecule has 0 unspecified atom stereocenters. The van der Waals surface area contributed by atoms with Crippen molar-refractivity contribution in [3.05, 3.63) is 53.2 Å². The summed E-state index contributed by atoms with van der Waals surface area (Å²) in [4.78, 5) is 39.0. The minimum absolute atomic E-state index is 0.0831. The highest BCUT2D eigenvalue weighted by Gasteiger charge is 2.11. The molecule has 1 heterocycles. The van der Waals surface area contributed by atoms with Crippen LogP contribution in [0.25, 0.3) is 0 Å². The number of aryl methyl sites for hydroxylation is 1. The average Bonchev–Trinajstić information content (AvgIpc) is 2.75. The van der Waals surface area contributed by atoms with Crippen LogP contribution in [0.5, 0.6) is 0 Å². The van der Waals surface area contributed by atoms with Crippen molar-refractivity contribution < 1.29 is 19.5 Å². The Morgan fingerprint density at radius 3 is 2.53 bits per heavy atom.